The first-order valence-corrected chi connectivity index (χ1v) is 7.73. The summed E-state index contributed by atoms with van der Waals surface area (Å²) < 4.78 is 5.48. The highest BCUT2D eigenvalue weighted by atomic mass is 16.5. The lowest BCUT2D eigenvalue weighted by Crippen LogP contribution is -2.40. The average Bonchev–Trinajstić information content (AvgIpc) is 2.48. The first-order chi connectivity index (χ1) is 10.0. The van der Waals surface area contributed by atoms with Crippen molar-refractivity contribution in [1.82, 2.24) is 9.97 Å². The first-order valence-electron chi connectivity index (χ1n) is 7.73. The molecule has 21 heavy (non-hydrogen) atoms. The van der Waals surface area contributed by atoms with Crippen LogP contribution in [0.2, 0.25) is 0 Å². The molecule has 1 aliphatic carbocycles. The van der Waals surface area contributed by atoms with Crippen LogP contribution in [0.4, 0.5) is 11.5 Å². The average molecular weight is 294 g/mol. The topological polar surface area (TPSA) is 93.3 Å². The normalized spacial score (nSPS) is 25.6. The maximum absolute atomic E-state index is 10.6. The predicted octanol–water partition coefficient (Wildman–Crippen LogP) is 2.20. The zero-order chi connectivity index (χ0) is 15.3. The molecule has 0 aliphatic heterocycles. The summed E-state index contributed by atoms with van der Waals surface area (Å²) in [7, 11) is 0. The molecule has 1 aliphatic rings. The molecule has 1 aromatic rings. The maximum Gasteiger partial charge on any atom is 0.242 e. The van der Waals surface area contributed by atoms with Gasteiger partial charge < -0.3 is 20.9 Å². The molecule has 0 amide bonds. The van der Waals surface area contributed by atoms with E-state index in [-0.39, 0.29) is 0 Å². The largest absolute Gasteiger partial charge is 0.476 e. The second kappa shape index (κ2) is 6.93. The summed E-state index contributed by atoms with van der Waals surface area (Å²) in [5, 5.41) is 13.7. The van der Waals surface area contributed by atoms with Crippen LogP contribution in [0.1, 0.15) is 46.0 Å². The van der Waals surface area contributed by atoms with Crippen LogP contribution in [0.25, 0.3) is 0 Å². The molecule has 0 atom stereocenters. The van der Waals surface area contributed by atoms with E-state index in [9.17, 15) is 5.11 Å². The van der Waals surface area contributed by atoms with E-state index in [2.05, 4.69) is 22.2 Å². The molecule has 0 saturated heterocycles. The quantitative estimate of drug-likeness (QED) is 0.744. The van der Waals surface area contributed by atoms with Gasteiger partial charge in [0.25, 0.3) is 0 Å². The Kier molecular flexibility index (Phi) is 5.22. The second-order valence-electron chi connectivity index (χ2n) is 6.05. The Morgan fingerprint density at radius 2 is 2.14 bits per heavy atom. The molecule has 0 unspecified atom stereocenters. The molecule has 0 bridgehead atoms. The number of nitrogens with one attached hydrogen (secondary N) is 1. The minimum absolute atomic E-state index is 0.401. The Hall–Kier alpha value is -1.56. The van der Waals surface area contributed by atoms with Gasteiger partial charge in [0.05, 0.1) is 12.2 Å². The zero-order valence-corrected chi connectivity index (χ0v) is 12.9. The lowest BCUT2D eigenvalue weighted by Gasteiger charge is -2.35. The molecule has 1 aromatic heterocycles. The molecule has 2 rings (SSSR count). The van der Waals surface area contributed by atoms with Crippen molar-refractivity contribution in [2.24, 2.45) is 5.92 Å². The number of aliphatic hydroxyl groups is 1. The molecule has 1 fully saturated rings. The van der Waals surface area contributed by atoms with Crippen molar-refractivity contribution < 1.29 is 9.84 Å². The van der Waals surface area contributed by atoms with Crippen molar-refractivity contribution >= 4 is 11.5 Å². The van der Waals surface area contributed by atoms with Crippen LogP contribution in [-0.2, 0) is 0 Å². The van der Waals surface area contributed by atoms with Gasteiger partial charge >= 0.3 is 0 Å². The van der Waals surface area contributed by atoms with Gasteiger partial charge in [0.1, 0.15) is 12.0 Å². The van der Waals surface area contributed by atoms with Crippen LogP contribution in [0.5, 0.6) is 5.88 Å². The Bertz CT molecular complexity index is 459. The molecule has 6 heteroatoms. The summed E-state index contributed by atoms with van der Waals surface area (Å²) >= 11 is 0. The fourth-order valence-electron chi connectivity index (χ4n) is 2.56. The van der Waals surface area contributed by atoms with Crippen LogP contribution < -0.4 is 15.8 Å². The van der Waals surface area contributed by atoms with Crippen molar-refractivity contribution in [1.29, 1.82) is 0 Å². The Balaban J connectivity index is 1.96. The van der Waals surface area contributed by atoms with Crippen molar-refractivity contribution in [3.63, 3.8) is 0 Å². The van der Waals surface area contributed by atoms with E-state index >= 15 is 0 Å². The third kappa shape index (κ3) is 4.20. The number of nitrogens with zero attached hydrogens (tertiary/aromatic N) is 2. The highest BCUT2D eigenvalue weighted by Crippen LogP contribution is 2.32. The summed E-state index contributed by atoms with van der Waals surface area (Å²) in [6, 6.07) is 0. The zero-order valence-electron chi connectivity index (χ0n) is 12.9. The van der Waals surface area contributed by atoms with Gasteiger partial charge in [0, 0.05) is 6.54 Å². The monoisotopic (exact) mass is 294 g/mol. The number of hydrogen-bond donors (Lipinski definition) is 3. The van der Waals surface area contributed by atoms with Crippen molar-refractivity contribution in [2.75, 3.05) is 24.2 Å². The van der Waals surface area contributed by atoms with Gasteiger partial charge in [-0.25, -0.2) is 4.98 Å². The molecule has 6 nitrogen and oxygen atoms in total. The Morgan fingerprint density at radius 3 is 2.81 bits per heavy atom. The third-order valence-corrected chi connectivity index (χ3v) is 4.08. The van der Waals surface area contributed by atoms with E-state index in [1.54, 1.807) is 0 Å². The highest BCUT2D eigenvalue weighted by Gasteiger charge is 2.31. The maximum atomic E-state index is 10.6. The molecular weight excluding hydrogens is 268 g/mol. The van der Waals surface area contributed by atoms with Crippen LogP contribution in [0, 0.1) is 5.92 Å². The minimum atomic E-state index is -0.672. The van der Waals surface area contributed by atoms with Gasteiger partial charge in [-0.2, -0.15) is 4.98 Å². The van der Waals surface area contributed by atoms with Crippen molar-refractivity contribution in [3.05, 3.63) is 6.33 Å². The van der Waals surface area contributed by atoms with Gasteiger partial charge in [-0.1, -0.05) is 13.8 Å². The molecule has 0 radical (unpaired) electrons. The molecular formula is C15H26N4O2. The van der Waals surface area contributed by atoms with Crippen LogP contribution in [-0.4, -0.2) is 33.8 Å². The summed E-state index contributed by atoms with van der Waals surface area (Å²) in [4.78, 5) is 8.18. The van der Waals surface area contributed by atoms with Gasteiger partial charge in [-0.15, -0.1) is 0 Å². The standard InChI is InChI=1S/C15H26N4O2/c1-3-8-21-14-12(16)13(18-10-19-14)17-9-15(20)6-4-11(2)5-7-15/h10-11,20H,3-9,16H2,1-2H3,(H,17,18,19). The fourth-order valence-corrected chi connectivity index (χ4v) is 2.56. The lowest BCUT2D eigenvalue weighted by molar-refractivity contribution is 0.00495. The Labute approximate surface area is 126 Å². The number of nitrogens with two attached hydrogens (primary N) is 1. The van der Waals surface area contributed by atoms with Gasteiger partial charge in [-0.05, 0) is 38.0 Å². The molecule has 0 spiro atoms. The van der Waals surface area contributed by atoms with Crippen molar-refractivity contribution in [2.45, 2.75) is 51.6 Å². The summed E-state index contributed by atoms with van der Waals surface area (Å²) in [5.41, 5.74) is 5.74. The Morgan fingerprint density at radius 1 is 1.43 bits per heavy atom. The number of ether oxygens (including phenoxy) is 1. The van der Waals surface area contributed by atoms with Gasteiger partial charge in [-0.3, -0.25) is 0 Å². The summed E-state index contributed by atoms with van der Waals surface area (Å²) in [6.45, 7) is 5.28. The smallest absolute Gasteiger partial charge is 0.242 e. The first kappa shape index (κ1) is 15.8. The number of aromatic nitrogens is 2. The van der Waals surface area contributed by atoms with Crippen LogP contribution >= 0.6 is 0 Å². The van der Waals surface area contributed by atoms with E-state index < -0.39 is 5.60 Å². The molecule has 4 N–H and O–H groups in total. The van der Waals surface area contributed by atoms with E-state index in [4.69, 9.17) is 10.5 Å². The number of anilines is 2. The number of hydrogen-bond acceptors (Lipinski definition) is 6. The molecule has 0 aromatic carbocycles. The lowest BCUT2D eigenvalue weighted by atomic mass is 9.79. The molecule has 1 saturated carbocycles. The van der Waals surface area contributed by atoms with Crippen LogP contribution in [0.15, 0.2) is 6.33 Å². The second-order valence-corrected chi connectivity index (χ2v) is 6.05. The molecule has 118 valence electrons. The number of nitrogen functional groups attached to an aromatic ring is 1. The SMILES string of the molecule is CCCOc1ncnc(NCC2(O)CCC(C)CC2)c1N. The van der Waals surface area contributed by atoms with E-state index in [0.717, 1.165) is 32.1 Å². The summed E-state index contributed by atoms with van der Waals surface area (Å²) in [5.74, 6) is 1.63. The predicted molar refractivity (Wildman–Crippen MR) is 83.3 cm³/mol. The minimum Gasteiger partial charge on any atom is -0.476 e. The van der Waals surface area contributed by atoms with E-state index in [1.165, 1.54) is 6.33 Å². The fraction of sp³-hybridized carbons (Fsp3) is 0.733. The summed E-state index contributed by atoms with van der Waals surface area (Å²) in [6.07, 6.45) is 6.06. The van der Waals surface area contributed by atoms with E-state index in [0.29, 0.717) is 36.5 Å². The van der Waals surface area contributed by atoms with Gasteiger partial charge in [0.2, 0.25) is 5.88 Å². The van der Waals surface area contributed by atoms with E-state index in [1.807, 2.05) is 6.92 Å². The van der Waals surface area contributed by atoms with Crippen molar-refractivity contribution in [3.8, 4) is 5.88 Å². The third-order valence-electron chi connectivity index (χ3n) is 4.08. The van der Waals surface area contributed by atoms with Crippen LogP contribution in [0.3, 0.4) is 0 Å². The number of rotatable bonds is 6. The highest BCUT2D eigenvalue weighted by molar-refractivity contribution is 5.66. The molecule has 1 heterocycles. The van der Waals surface area contributed by atoms with Gasteiger partial charge in [0.15, 0.2) is 5.82 Å².